The maximum atomic E-state index is 13.0. The van der Waals surface area contributed by atoms with Gasteiger partial charge in [0.15, 0.2) is 0 Å². The number of thiazole rings is 1. The fourth-order valence-corrected chi connectivity index (χ4v) is 3.41. The summed E-state index contributed by atoms with van der Waals surface area (Å²) in [6.07, 6.45) is -1.73. The van der Waals surface area contributed by atoms with Gasteiger partial charge >= 0.3 is 6.18 Å². The predicted octanol–water partition coefficient (Wildman–Crippen LogP) is 4.22. The number of halogens is 3. The lowest BCUT2D eigenvalue weighted by atomic mass is 9.83. The van der Waals surface area contributed by atoms with E-state index in [1.165, 1.54) is 11.3 Å². The first-order valence-corrected chi connectivity index (χ1v) is 7.50. The predicted molar refractivity (Wildman–Crippen MR) is 70.2 cm³/mol. The summed E-state index contributed by atoms with van der Waals surface area (Å²) in [4.78, 5) is 4.34. The molecule has 1 aliphatic rings. The number of alkyl halides is 3. The molecule has 3 atom stereocenters. The number of aryl methyl sites for hydroxylation is 1. The van der Waals surface area contributed by atoms with Gasteiger partial charge in [0.05, 0.1) is 16.6 Å². The minimum absolute atomic E-state index is 0.127. The van der Waals surface area contributed by atoms with Crippen LogP contribution < -0.4 is 5.32 Å². The highest BCUT2D eigenvalue weighted by Gasteiger charge is 2.45. The Morgan fingerprint density at radius 1 is 1.37 bits per heavy atom. The molecule has 0 aromatic carbocycles. The van der Waals surface area contributed by atoms with Gasteiger partial charge in [-0.1, -0.05) is 12.8 Å². The van der Waals surface area contributed by atoms with Crippen LogP contribution in [0.3, 0.4) is 0 Å². The summed E-state index contributed by atoms with van der Waals surface area (Å²) >= 11 is 1.53. The number of hydrogen-bond acceptors (Lipinski definition) is 3. The molecule has 108 valence electrons. The molecule has 0 amide bonds. The van der Waals surface area contributed by atoms with Crippen LogP contribution in [0.4, 0.5) is 13.2 Å². The van der Waals surface area contributed by atoms with Crippen molar-refractivity contribution in [1.29, 1.82) is 0 Å². The quantitative estimate of drug-likeness (QED) is 0.902. The normalized spacial score (nSPS) is 26.4. The molecule has 19 heavy (non-hydrogen) atoms. The van der Waals surface area contributed by atoms with E-state index in [1.807, 2.05) is 19.2 Å². The Hall–Kier alpha value is -0.620. The second kappa shape index (κ2) is 5.79. The molecule has 6 heteroatoms. The van der Waals surface area contributed by atoms with Gasteiger partial charge < -0.3 is 5.32 Å². The molecular weight excluding hydrogens is 273 g/mol. The molecule has 2 nitrogen and oxygen atoms in total. The smallest absolute Gasteiger partial charge is 0.305 e. The van der Waals surface area contributed by atoms with E-state index in [2.05, 4.69) is 10.3 Å². The minimum atomic E-state index is -4.10. The van der Waals surface area contributed by atoms with E-state index in [1.54, 1.807) is 0 Å². The number of nitrogens with zero attached hydrogens (tertiary/aromatic N) is 1. The highest BCUT2D eigenvalue weighted by atomic mass is 32.1. The fraction of sp³-hybridized carbons (Fsp3) is 0.769. The van der Waals surface area contributed by atoms with E-state index in [0.717, 1.165) is 17.1 Å². The molecule has 0 bridgehead atoms. The minimum Gasteiger partial charge on any atom is -0.305 e. The molecule has 0 radical (unpaired) electrons. The van der Waals surface area contributed by atoms with Crippen molar-refractivity contribution >= 4 is 11.3 Å². The third-order valence-corrected chi connectivity index (χ3v) is 4.52. The third kappa shape index (κ3) is 3.69. The molecule has 1 fully saturated rings. The van der Waals surface area contributed by atoms with Crippen LogP contribution in [0, 0.1) is 12.8 Å². The Balaban J connectivity index is 2.03. The number of rotatable bonds is 3. The molecule has 1 N–H and O–H groups in total. The largest absolute Gasteiger partial charge is 0.393 e. The molecule has 2 rings (SSSR count). The van der Waals surface area contributed by atoms with Crippen molar-refractivity contribution in [1.82, 2.24) is 10.3 Å². The molecule has 3 unspecified atom stereocenters. The molecule has 0 spiro atoms. The topological polar surface area (TPSA) is 24.9 Å². The highest BCUT2D eigenvalue weighted by Crippen LogP contribution is 2.38. The van der Waals surface area contributed by atoms with Gasteiger partial charge in [-0.3, -0.25) is 0 Å². The van der Waals surface area contributed by atoms with Gasteiger partial charge in [-0.25, -0.2) is 4.98 Å². The van der Waals surface area contributed by atoms with Gasteiger partial charge in [0, 0.05) is 17.5 Å². The average Bonchev–Trinajstić information content (AvgIpc) is 2.75. The first-order chi connectivity index (χ1) is 8.88. The van der Waals surface area contributed by atoms with Crippen molar-refractivity contribution < 1.29 is 13.2 Å². The standard InChI is InChI=1S/C13H19F3N2S/c1-8(12-7-19-9(2)18-12)17-11-6-4-3-5-10(11)13(14,15)16/h7-8,10-11,17H,3-6H2,1-2H3. The Kier molecular flexibility index (Phi) is 4.50. The zero-order chi connectivity index (χ0) is 14.0. The van der Waals surface area contributed by atoms with E-state index in [9.17, 15) is 13.2 Å². The van der Waals surface area contributed by atoms with E-state index < -0.39 is 18.1 Å². The van der Waals surface area contributed by atoms with Crippen molar-refractivity contribution in [2.45, 2.75) is 57.8 Å². The van der Waals surface area contributed by atoms with Crippen molar-refractivity contribution in [2.24, 2.45) is 5.92 Å². The Labute approximate surface area is 115 Å². The highest BCUT2D eigenvalue weighted by molar-refractivity contribution is 7.09. The SMILES string of the molecule is Cc1nc(C(C)NC2CCCCC2C(F)(F)F)cs1. The summed E-state index contributed by atoms with van der Waals surface area (Å²) in [7, 11) is 0. The summed E-state index contributed by atoms with van der Waals surface area (Å²) in [5.41, 5.74) is 0.842. The summed E-state index contributed by atoms with van der Waals surface area (Å²) in [6.45, 7) is 3.79. The van der Waals surface area contributed by atoms with Crippen LogP contribution >= 0.6 is 11.3 Å². The fourth-order valence-electron chi connectivity index (χ4n) is 2.71. The number of nitrogens with one attached hydrogen (secondary N) is 1. The molecular formula is C13H19F3N2S. The average molecular weight is 292 g/mol. The van der Waals surface area contributed by atoms with Crippen molar-refractivity contribution in [3.05, 3.63) is 16.1 Å². The Morgan fingerprint density at radius 2 is 2.05 bits per heavy atom. The van der Waals surface area contributed by atoms with Gasteiger partial charge in [0.1, 0.15) is 0 Å². The molecule has 1 aliphatic carbocycles. The van der Waals surface area contributed by atoms with Crippen molar-refractivity contribution in [3.63, 3.8) is 0 Å². The monoisotopic (exact) mass is 292 g/mol. The van der Waals surface area contributed by atoms with E-state index in [-0.39, 0.29) is 12.5 Å². The van der Waals surface area contributed by atoms with Crippen LogP contribution in [-0.4, -0.2) is 17.2 Å². The molecule has 1 aromatic rings. The van der Waals surface area contributed by atoms with Crippen LogP contribution in [-0.2, 0) is 0 Å². The van der Waals surface area contributed by atoms with Crippen LogP contribution in [0.1, 0.15) is 49.4 Å². The molecule has 1 saturated carbocycles. The lowest BCUT2D eigenvalue weighted by Crippen LogP contribution is -2.46. The van der Waals surface area contributed by atoms with E-state index in [4.69, 9.17) is 0 Å². The van der Waals surface area contributed by atoms with Gasteiger partial charge in [-0.2, -0.15) is 13.2 Å². The lowest BCUT2D eigenvalue weighted by Gasteiger charge is -2.35. The Bertz CT molecular complexity index is 416. The molecule has 1 heterocycles. The third-order valence-electron chi connectivity index (χ3n) is 3.73. The number of aromatic nitrogens is 1. The Morgan fingerprint density at radius 3 is 2.63 bits per heavy atom. The van der Waals surface area contributed by atoms with Crippen LogP contribution in [0.5, 0.6) is 0 Å². The molecule has 0 saturated heterocycles. The van der Waals surface area contributed by atoms with E-state index in [0.29, 0.717) is 12.8 Å². The van der Waals surface area contributed by atoms with Gasteiger partial charge in [0.2, 0.25) is 0 Å². The van der Waals surface area contributed by atoms with Crippen molar-refractivity contribution in [2.75, 3.05) is 0 Å². The zero-order valence-electron chi connectivity index (χ0n) is 11.1. The van der Waals surface area contributed by atoms with Crippen molar-refractivity contribution in [3.8, 4) is 0 Å². The summed E-state index contributed by atoms with van der Waals surface area (Å²) in [5.74, 6) is -1.22. The summed E-state index contributed by atoms with van der Waals surface area (Å²) in [5, 5.41) is 5.99. The van der Waals surface area contributed by atoms with Crippen LogP contribution in [0.25, 0.3) is 0 Å². The first-order valence-electron chi connectivity index (χ1n) is 6.62. The zero-order valence-corrected chi connectivity index (χ0v) is 11.9. The van der Waals surface area contributed by atoms with Gasteiger partial charge in [-0.15, -0.1) is 11.3 Å². The maximum Gasteiger partial charge on any atom is 0.393 e. The summed E-state index contributed by atoms with van der Waals surface area (Å²) < 4.78 is 39.0. The van der Waals surface area contributed by atoms with Gasteiger partial charge in [0.25, 0.3) is 0 Å². The van der Waals surface area contributed by atoms with Crippen LogP contribution in [0.15, 0.2) is 5.38 Å². The maximum absolute atomic E-state index is 13.0. The number of hydrogen-bond donors (Lipinski definition) is 1. The molecule has 0 aliphatic heterocycles. The second-order valence-corrected chi connectivity index (χ2v) is 6.28. The second-order valence-electron chi connectivity index (χ2n) is 5.22. The molecule has 1 aromatic heterocycles. The summed E-state index contributed by atoms with van der Waals surface area (Å²) in [6, 6.07) is -0.608. The lowest BCUT2D eigenvalue weighted by molar-refractivity contribution is -0.189. The van der Waals surface area contributed by atoms with E-state index >= 15 is 0 Å². The first kappa shape index (κ1) is 14.8. The van der Waals surface area contributed by atoms with Gasteiger partial charge in [-0.05, 0) is 26.7 Å². The van der Waals surface area contributed by atoms with Crippen LogP contribution in [0.2, 0.25) is 0 Å².